The number of hydrogen-bond acceptors (Lipinski definition) is 7. The molecule has 2 aliphatic rings. The molecule has 0 fully saturated rings. The van der Waals surface area contributed by atoms with Gasteiger partial charge in [-0.25, -0.2) is 0 Å². The van der Waals surface area contributed by atoms with Crippen molar-refractivity contribution in [2.75, 3.05) is 20.5 Å². The van der Waals surface area contributed by atoms with E-state index in [1.165, 1.54) is 0 Å². The van der Waals surface area contributed by atoms with E-state index in [2.05, 4.69) is 6.58 Å². The second-order valence-corrected chi connectivity index (χ2v) is 9.64. The molecule has 1 atom stereocenters. The van der Waals surface area contributed by atoms with E-state index in [-0.39, 0.29) is 30.4 Å². The Bertz CT molecular complexity index is 1700. The summed E-state index contributed by atoms with van der Waals surface area (Å²) in [6, 6.07) is 13.9. The Morgan fingerprint density at radius 2 is 1.79 bits per heavy atom. The summed E-state index contributed by atoms with van der Waals surface area (Å²) in [6.45, 7) is 8.26. The lowest BCUT2D eigenvalue weighted by Gasteiger charge is -2.26. The van der Waals surface area contributed by atoms with Crippen LogP contribution in [0.25, 0.3) is 11.0 Å². The summed E-state index contributed by atoms with van der Waals surface area (Å²) in [4.78, 5) is 29.5. The molecule has 8 nitrogen and oxygen atoms in total. The highest BCUT2D eigenvalue weighted by Gasteiger charge is 2.43. The summed E-state index contributed by atoms with van der Waals surface area (Å²) in [7, 11) is 1.55. The molecule has 3 aromatic carbocycles. The van der Waals surface area contributed by atoms with Gasteiger partial charge in [-0.1, -0.05) is 24.8 Å². The number of nitrogens with zero attached hydrogens (tertiary/aromatic N) is 1. The average Bonchev–Trinajstić information content (AvgIpc) is 3.51. The maximum Gasteiger partial charge on any atom is 0.291 e. The van der Waals surface area contributed by atoms with Crippen LogP contribution in [-0.2, 0) is 6.54 Å². The highest BCUT2D eigenvalue weighted by atomic mass is 16.7. The zero-order valence-electron chi connectivity index (χ0n) is 21.9. The monoisotopic (exact) mass is 525 g/mol. The van der Waals surface area contributed by atoms with Crippen LogP contribution in [0.3, 0.4) is 0 Å². The maximum absolute atomic E-state index is 14.0. The topological polar surface area (TPSA) is 87.4 Å². The van der Waals surface area contributed by atoms with E-state index in [4.69, 9.17) is 23.4 Å². The Kier molecular flexibility index (Phi) is 6.02. The first kappa shape index (κ1) is 24.6. The van der Waals surface area contributed by atoms with E-state index in [0.717, 1.165) is 16.7 Å². The second-order valence-electron chi connectivity index (χ2n) is 9.64. The Morgan fingerprint density at radius 1 is 1.00 bits per heavy atom. The van der Waals surface area contributed by atoms with Crippen molar-refractivity contribution in [3.05, 3.63) is 105 Å². The van der Waals surface area contributed by atoms with Crippen molar-refractivity contribution in [3.63, 3.8) is 0 Å². The molecule has 1 amide bonds. The third-order valence-electron chi connectivity index (χ3n) is 7.23. The third-order valence-corrected chi connectivity index (χ3v) is 7.23. The van der Waals surface area contributed by atoms with Gasteiger partial charge in [-0.3, -0.25) is 9.59 Å². The number of amides is 1. The molecule has 0 saturated heterocycles. The molecule has 6 rings (SSSR count). The lowest BCUT2D eigenvalue weighted by Crippen LogP contribution is -2.29. The van der Waals surface area contributed by atoms with E-state index in [1.54, 1.807) is 30.2 Å². The van der Waals surface area contributed by atoms with Gasteiger partial charge in [0, 0.05) is 6.54 Å². The summed E-state index contributed by atoms with van der Waals surface area (Å²) in [6.07, 6.45) is 1.65. The molecular formula is C31H27NO7. The van der Waals surface area contributed by atoms with E-state index in [9.17, 15) is 9.59 Å². The van der Waals surface area contributed by atoms with Crippen LogP contribution in [0.2, 0.25) is 0 Å². The van der Waals surface area contributed by atoms with Crippen LogP contribution in [0.5, 0.6) is 23.0 Å². The zero-order chi connectivity index (χ0) is 27.3. The number of carbonyl (C=O) groups is 1. The minimum atomic E-state index is -0.706. The molecule has 1 unspecified atom stereocenters. The molecule has 0 aliphatic carbocycles. The molecule has 0 saturated carbocycles. The van der Waals surface area contributed by atoms with Crippen molar-refractivity contribution in [2.24, 2.45) is 0 Å². The Labute approximate surface area is 225 Å². The largest absolute Gasteiger partial charge is 0.493 e. The van der Waals surface area contributed by atoms with Crippen LogP contribution in [0.15, 0.2) is 70.4 Å². The smallest absolute Gasteiger partial charge is 0.291 e. The van der Waals surface area contributed by atoms with Crippen LogP contribution in [-0.4, -0.2) is 31.3 Å². The molecule has 8 heteroatoms. The van der Waals surface area contributed by atoms with Gasteiger partial charge in [0.2, 0.25) is 12.6 Å². The number of benzene rings is 3. The minimum absolute atomic E-state index is 0.0486. The van der Waals surface area contributed by atoms with Crippen molar-refractivity contribution in [2.45, 2.75) is 26.4 Å². The highest BCUT2D eigenvalue weighted by Crippen LogP contribution is 2.42. The van der Waals surface area contributed by atoms with Crippen molar-refractivity contribution >= 4 is 16.9 Å². The minimum Gasteiger partial charge on any atom is -0.493 e. The van der Waals surface area contributed by atoms with Crippen molar-refractivity contribution in [1.29, 1.82) is 0 Å². The number of aryl methyl sites for hydroxylation is 2. The van der Waals surface area contributed by atoms with Crippen molar-refractivity contribution in [3.8, 4) is 23.0 Å². The first-order chi connectivity index (χ1) is 18.9. The van der Waals surface area contributed by atoms with Crippen LogP contribution in [0.4, 0.5) is 0 Å². The molecule has 39 heavy (non-hydrogen) atoms. The first-order valence-electron chi connectivity index (χ1n) is 12.6. The van der Waals surface area contributed by atoms with E-state index >= 15 is 0 Å². The van der Waals surface area contributed by atoms with E-state index in [0.29, 0.717) is 51.7 Å². The Morgan fingerprint density at radius 3 is 2.59 bits per heavy atom. The van der Waals surface area contributed by atoms with Gasteiger partial charge in [0.1, 0.15) is 12.2 Å². The van der Waals surface area contributed by atoms with E-state index in [1.807, 2.05) is 50.2 Å². The molecule has 1 aromatic heterocycles. The standard InChI is InChI=1S/C31H27NO7/c1-5-10-36-22-9-7-20(14-25(22)35-4)28-27-29(33)21-11-17(2)18(3)12-24(21)39-30(27)31(34)32(28)15-19-6-8-23-26(13-19)38-16-37-23/h5-9,11-14,28H,1,10,15-16H2,2-4H3. The van der Waals surface area contributed by atoms with Crippen LogP contribution >= 0.6 is 0 Å². The van der Waals surface area contributed by atoms with Gasteiger partial charge < -0.3 is 28.3 Å². The molecular weight excluding hydrogens is 498 g/mol. The van der Waals surface area contributed by atoms with Gasteiger partial charge >= 0.3 is 0 Å². The predicted octanol–water partition coefficient (Wildman–Crippen LogP) is 5.46. The molecule has 2 aliphatic heterocycles. The molecule has 0 bridgehead atoms. The number of ether oxygens (including phenoxy) is 4. The number of fused-ring (bicyclic) bond motifs is 3. The van der Waals surface area contributed by atoms with Gasteiger partial charge in [-0.05, 0) is 72.5 Å². The molecule has 0 spiro atoms. The van der Waals surface area contributed by atoms with Crippen LogP contribution in [0.1, 0.15) is 44.4 Å². The Hall–Kier alpha value is -4.72. The average molecular weight is 526 g/mol. The lowest BCUT2D eigenvalue weighted by molar-refractivity contribution is 0.0714. The van der Waals surface area contributed by atoms with Gasteiger partial charge in [0.15, 0.2) is 28.4 Å². The normalized spacial score (nSPS) is 15.5. The fourth-order valence-electron chi connectivity index (χ4n) is 5.14. The van der Waals surface area contributed by atoms with Gasteiger partial charge in [0.25, 0.3) is 5.91 Å². The van der Waals surface area contributed by atoms with Crippen molar-refractivity contribution < 1.29 is 28.2 Å². The van der Waals surface area contributed by atoms with Crippen molar-refractivity contribution in [1.82, 2.24) is 4.90 Å². The quantitative estimate of drug-likeness (QED) is 0.296. The lowest BCUT2D eigenvalue weighted by atomic mass is 9.97. The highest BCUT2D eigenvalue weighted by molar-refractivity contribution is 5.99. The SMILES string of the molecule is C=CCOc1ccc(C2c3c(oc4cc(C)c(C)cc4c3=O)C(=O)N2Cc2ccc3c(c2)OCO3)cc1OC. The molecule has 0 N–H and O–H groups in total. The summed E-state index contributed by atoms with van der Waals surface area (Å²) >= 11 is 0. The summed E-state index contributed by atoms with van der Waals surface area (Å²) in [5.74, 6) is 1.97. The van der Waals surface area contributed by atoms with Crippen LogP contribution in [0, 0.1) is 13.8 Å². The third kappa shape index (κ3) is 4.09. The number of carbonyl (C=O) groups excluding carboxylic acids is 1. The predicted molar refractivity (Wildman–Crippen MR) is 145 cm³/mol. The fraction of sp³-hybridized carbons (Fsp3) is 0.226. The van der Waals surface area contributed by atoms with Gasteiger partial charge in [-0.2, -0.15) is 0 Å². The number of hydrogen-bond donors (Lipinski definition) is 0. The molecule has 0 radical (unpaired) electrons. The molecule has 198 valence electrons. The summed E-state index contributed by atoms with van der Waals surface area (Å²) < 4.78 is 28.5. The fourth-order valence-corrected chi connectivity index (χ4v) is 5.14. The van der Waals surface area contributed by atoms with Gasteiger partial charge in [0.05, 0.1) is 24.1 Å². The van der Waals surface area contributed by atoms with Crippen LogP contribution < -0.4 is 24.4 Å². The Balaban J connectivity index is 1.52. The summed E-state index contributed by atoms with van der Waals surface area (Å²) in [5.41, 5.74) is 3.94. The number of methoxy groups -OCH3 is 1. The van der Waals surface area contributed by atoms with Gasteiger partial charge in [-0.15, -0.1) is 0 Å². The maximum atomic E-state index is 14.0. The summed E-state index contributed by atoms with van der Waals surface area (Å²) in [5, 5.41) is 0.442. The first-order valence-corrected chi connectivity index (χ1v) is 12.6. The zero-order valence-corrected chi connectivity index (χ0v) is 21.9. The molecule has 4 aromatic rings. The number of rotatable bonds is 7. The molecule has 3 heterocycles. The van der Waals surface area contributed by atoms with E-state index < -0.39 is 6.04 Å². The second kappa shape index (κ2) is 9.54.